The number of aromatic nitrogens is 2. The van der Waals surface area contributed by atoms with Gasteiger partial charge in [-0.25, -0.2) is 0 Å². The summed E-state index contributed by atoms with van der Waals surface area (Å²) in [6, 6.07) is 8.83. The molecule has 5 nitrogen and oxygen atoms in total. The molecule has 0 radical (unpaired) electrons. The van der Waals surface area contributed by atoms with Crippen molar-refractivity contribution in [3.63, 3.8) is 0 Å². The third-order valence-corrected chi connectivity index (χ3v) is 3.29. The van der Waals surface area contributed by atoms with E-state index in [1.807, 2.05) is 32.3 Å². The normalized spacial score (nSPS) is 10.5. The molecule has 0 aliphatic rings. The van der Waals surface area contributed by atoms with Gasteiger partial charge in [-0.3, -0.25) is 9.59 Å². The number of hydrogen-bond donors (Lipinski definition) is 1. The summed E-state index contributed by atoms with van der Waals surface area (Å²) in [6.45, 7) is 3.06. The molecule has 2 aromatic heterocycles. The lowest BCUT2D eigenvalue weighted by atomic mass is 10.3. The molecule has 0 saturated carbocycles. The first kappa shape index (κ1) is 14.1. The molecule has 0 aliphatic carbocycles. The lowest BCUT2D eigenvalue weighted by molar-refractivity contribution is 0.0944. The monoisotopic (exact) mass is 273 g/mol. The minimum absolute atomic E-state index is 0.00115. The van der Waals surface area contributed by atoms with Crippen molar-refractivity contribution in [2.75, 3.05) is 6.54 Å². The van der Waals surface area contributed by atoms with Gasteiger partial charge in [-0.1, -0.05) is 6.07 Å². The van der Waals surface area contributed by atoms with Crippen LogP contribution in [0.2, 0.25) is 0 Å². The molecule has 0 aromatic carbocycles. The van der Waals surface area contributed by atoms with Gasteiger partial charge in [0.15, 0.2) is 0 Å². The van der Waals surface area contributed by atoms with Gasteiger partial charge in [0.25, 0.3) is 11.5 Å². The Balaban J connectivity index is 1.84. The Bertz CT molecular complexity index is 655. The molecule has 1 amide bonds. The number of rotatable bonds is 5. The van der Waals surface area contributed by atoms with Crippen molar-refractivity contribution in [3.05, 3.63) is 58.3 Å². The highest BCUT2D eigenvalue weighted by Gasteiger charge is 2.07. The van der Waals surface area contributed by atoms with E-state index in [9.17, 15) is 9.59 Å². The maximum absolute atomic E-state index is 11.9. The molecule has 0 aliphatic heterocycles. The Kier molecular flexibility index (Phi) is 4.40. The first-order valence-electron chi connectivity index (χ1n) is 6.65. The summed E-state index contributed by atoms with van der Waals surface area (Å²) >= 11 is 0. The molecule has 20 heavy (non-hydrogen) atoms. The predicted molar refractivity (Wildman–Crippen MR) is 77.8 cm³/mol. The van der Waals surface area contributed by atoms with E-state index >= 15 is 0 Å². The molecule has 106 valence electrons. The number of hydrogen-bond acceptors (Lipinski definition) is 2. The Hall–Kier alpha value is -2.30. The largest absolute Gasteiger partial charge is 0.351 e. The van der Waals surface area contributed by atoms with Gasteiger partial charge in [0.1, 0.15) is 5.69 Å². The van der Waals surface area contributed by atoms with Crippen LogP contribution in [-0.2, 0) is 13.6 Å². The number of carbonyl (C=O) groups excluding carboxylic acids is 1. The summed E-state index contributed by atoms with van der Waals surface area (Å²) in [6.07, 6.45) is 2.56. The van der Waals surface area contributed by atoms with Gasteiger partial charge in [0, 0.05) is 38.1 Å². The minimum Gasteiger partial charge on any atom is -0.351 e. The van der Waals surface area contributed by atoms with Crippen molar-refractivity contribution in [1.82, 2.24) is 14.5 Å². The average molecular weight is 273 g/mol. The number of carbonyl (C=O) groups is 1. The number of amides is 1. The van der Waals surface area contributed by atoms with Crippen LogP contribution in [0.3, 0.4) is 0 Å². The van der Waals surface area contributed by atoms with Gasteiger partial charge in [-0.2, -0.15) is 0 Å². The summed E-state index contributed by atoms with van der Waals surface area (Å²) in [4.78, 5) is 23.5. The Labute approximate surface area is 117 Å². The van der Waals surface area contributed by atoms with Crippen LogP contribution in [-0.4, -0.2) is 21.6 Å². The smallest absolute Gasteiger partial charge is 0.267 e. The molecule has 0 unspecified atom stereocenters. The molecule has 5 heteroatoms. The van der Waals surface area contributed by atoms with Crippen molar-refractivity contribution >= 4 is 5.91 Å². The molecule has 2 rings (SSSR count). The van der Waals surface area contributed by atoms with E-state index < -0.39 is 0 Å². The zero-order chi connectivity index (χ0) is 14.5. The predicted octanol–water partition coefficient (Wildman–Crippen LogP) is 1.32. The van der Waals surface area contributed by atoms with Crippen LogP contribution in [0.15, 0.2) is 41.3 Å². The average Bonchev–Trinajstić information content (AvgIpc) is 2.83. The fourth-order valence-corrected chi connectivity index (χ4v) is 2.14. The maximum atomic E-state index is 11.9. The van der Waals surface area contributed by atoms with Crippen LogP contribution in [0.1, 0.15) is 22.6 Å². The highest BCUT2D eigenvalue weighted by Crippen LogP contribution is 1.99. The molecule has 2 heterocycles. The van der Waals surface area contributed by atoms with Crippen molar-refractivity contribution < 1.29 is 4.79 Å². The van der Waals surface area contributed by atoms with Crippen molar-refractivity contribution in [2.45, 2.75) is 19.9 Å². The maximum Gasteiger partial charge on any atom is 0.267 e. The van der Waals surface area contributed by atoms with Crippen molar-refractivity contribution in [3.8, 4) is 0 Å². The third kappa shape index (κ3) is 3.17. The molecule has 0 fully saturated rings. The standard InChI is InChI=1S/C15H19N3O2/c1-12-6-3-8-14(19)18(12)11-5-9-16-15(20)13-7-4-10-17(13)2/h3-4,6-8,10H,5,9,11H2,1-2H3,(H,16,20). The fourth-order valence-electron chi connectivity index (χ4n) is 2.14. The van der Waals surface area contributed by atoms with Gasteiger partial charge in [-0.15, -0.1) is 0 Å². The number of aryl methyl sites for hydroxylation is 2. The van der Waals surface area contributed by atoms with E-state index in [0.717, 1.165) is 12.1 Å². The lowest BCUT2D eigenvalue weighted by Gasteiger charge is -2.10. The minimum atomic E-state index is -0.0883. The Morgan fingerprint density at radius 2 is 2.05 bits per heavy atom. The zero-order valence-electron chi connectivity index (χ0n) is 11.8. The highest BCUT2D eigenvalue weighted by molar-refractivity contribution is 5.92. The second-order valence-electron chi connectivity index (χ2n) is 4.77. The van der Waals surface area contributed by atoms with E-state index in [-0.39, 0.29) is 11.5 Å². The first-order chi connectivity index (χ1) is 9.59. The van der Waals surface area contributed by atoms with Crippen molar-refractivity contribution in [2.24, 2.45) is 7.05 Å². The molecular weight excluding hydrogens is 254 g/mol. The van der Waals surface area contributed by atoms with Gasteiger partial charge in [-0.05, 0) is 31.5 Å². The van der Waals surface area contributed by atoms with Gasteiger partial charge < -0.3 is 14.5 Å². The Morgan fingerprint density at radius 1 is 1.25 bits per heavy atom. The number of pyridine rings is 1. The third-order valence-electron chi connectivity index (χ3n) is 3.29. The molecule has 0 atom stereocenters. The number of nitrogens with zero attached hydrogens (tertiary/aromatic N) is 2. The number of nitrogens with one attached hydrogen (secondary N) is 1. The fraction of sp³-hybridized carbons (Fsp3) is 0.333. The second-order valence-corrected chi connectivity index (χ2v) is 4.77. The van der Waals surface area contributed by atoms with Crippen molar-refractivity contribution in [1.29, 1.82) is 0 Å². The molecule has 0 bridgehead atoms. The summed E-state index contributed by atoms with van der Waals surface area (Å²) in [7, 11) is 1.84. The molecule has 1 N–H and O–H groups in total. The quantitative estimate of drug-likeness (QED) is 0.835. The summed E-state index contributed by atoms with van der Waals surface area (Å²) in [5.74, 6) is -0.0883. The van der Waals surface area contributed by atoms with E-state index in [1.54, 1.807) is 27.3 Å². The SMILES string of the molecule is Cc1cccc(=O)n1CCCNC(=O)c1cccn1C. The Morgan fingerprint density at radius 3 is 2.70 bits per heavy atom. The van der Waals surface area contributed by atoms with Gasteiger partial charge in [0.05, 0.1) is 0 Å². The highest BCUT2D eigenvalue weighted by atomic mass is 16.2. The summed E-state index contributed by atoms with van der Waals surface area (Å²) < 4.78 is 3.50. The van der Waals surface area contributed by atoms with Gasteiger partial charge in [0.2, 0.25) is 0 Å². The molecule has 2 aromatic rings. The first-order valence-corrected chi connectivity index (χ1v) is 6.65. The molecular formula is C15H19N3O2. The van der Waals surface area contributed by atoms with E-state index in [0.29, 0.717) is 18.8 Å². The molecule has 0 saturated heterocycles. The van der Waals surface area contributed by atoms with Crippen LogP contribution < -0.4 is 10.9 Å². The second kappa shape index (κ2) is 6.23. The van der Waals surface area contributed by atoms with Crippen LogP contribution in [0, 0.1) is 6.92 Å². The van der Waals surface area contributed by atoms with E-state index in [1.165, 1.54) is 0 Å². The van der Waals surface area contributed by atoms with E-state index in [4.69, 9.17) is 0 Å². The summed E-state index contributed by atoms with van der Waals surface area (Å²) in [5, 5.41) is 2.86. The summed E-state index contributed by atoms with van der Waals surface area (Å²) in [5.41, 5.74) is 1.57. The molecule has 0 spiro atoms. The van der Waals surface area contributed by atoms with Gasteiger partial charge >= 0.3 is 0 Å². The topological polar surface area (TPSA) is 56.0 Å². The van der Waals surface area contributed by atoms with Crippen LogP contribution >= 0.6 is 0 Å². The van der Waals surface area contributed by atoms with Crippen LogP contribution in [0.25, 0.3) is 0 Å². The van der Waals surface area contributed by atoms with Crippen LogP contribution in [0.5, 0.6) is 0 Å². The zero-order valence-corrected chi connectivity index (χ0v) is 11.8. The van der Waals surface area contributed by atoms with E-state index in [2.05, 4.69) is 5.32 Å². The van der Waals surface area contributed by atoms with Crippen LogP contribution in [0.4, 0.5) is 0 Å². The lowest BCUT2D eigenvalue weighted by Crippen LogP contribution is -2.28.